The van der Waals surface area contributed by atoms with E-state index in [9.17, 15) is 4.79 Å². The molecule has 1 N–H and O–H groups in total. The van der Waals surface area contributed by atoms with E-state index in [1.165, 1.54) is 0 Å². The van der Waals surface area contributed by atoms with Crippen LogP contribution >= 0.6 is 12.4 Å². The van der Waals surface area contributed by atoms with Crippen LogP contribution in [-0.2, 0) is 4.79 Å². The van der Waals surface area contributed by atoms with Gasteiger partial charge in [-0.05, 0) is 33.4 Å². The molecule has 0 aromatic rings. The van der Waals surface area contributed by atoms with Crippen molar-refractivity contribution in [1.29, 1.82) is 0 Å². The normalized spacial score (nSPS) is 31.5. The topological polar surface area (TPSA) is 40.5 Å². The van der Waals surface area contributed by atoms with Gasteiger partial charge in [0.25, 0.3) is 0 Å². The Kier molecular flexibility index (Phi) is 3.32. The maximum atomic E-state index is 10.7. The Morgan fingerprint density at radius 1 is 1.64 bits per heavy atom. The number of carbonyl (C=O) groups is 1. The molecule has 1 fully saturated rings. The lowest BCUT2D eigenvalue weighted by Crippen LogP contribution is -2.45. The van der Waals surface area contributed by atoms with Gasteiger partial charge in [0.15, 0.2) is 0 Å². The quantitative estimate of drug-likeness (QED) is 0.653. The van der Waals surface area contributed by atoms with Gasteiger partial charge >= 0.3 is 5.97 Å². The fourth-order valence-electron chi connectivity index (χ4n) is 1.37. The summed E-state index contributed by atoms with van der Waals surface area (Å²) in [5.41, 5.74) is -0.597. The van der Waals surface area contributed by atoms with Crippen molar-refractivity contribution < 1.29 is 9.90 Å². The number of carboxylic acids is 1. The summed E-state index contributed by atoms with van der Waals surface area (Å²) in [6.45, 7) is 2.69. The van der Waals surface area contributed by atoms with Gasteiger partial charge in [-0.1, -0.05) is 0 Å². The van der Waals surface area contributed by atoms with Gasteiger partial charge in [-0.3, -0.25) is 9.69 Å². The van der Waals surface area contributed by atoms with Crippen molar-refractivity contribution >= 4 is 18.4 Å². The van der Waals surface area contributed by atoms with E-state index in [1.54, 1.807) is 6.92 Å². The molecule has 1 saturated heterocycles. The highest BCUT2D eigenvalue weighted by Crippen LogP contribution is 2.26. The van der Waals surface area contributed by atoms with Gasteiger partial charge in [0.1, 0.15) is 5.54 Å². The number of halogens is 1. The van der Waals surface area contributed by atoms with Gasteiger partial charge in [0.05, 0.1) is 0 Å². The molecule has 11 heavy (non-hydrogen) atoms. The van der Waals surface area contributed by atoms with Crippen LogP contribution in [0.4, 0.5) is 0 Å². The van der Waals surface area contributed by atoms with Crippen LogP contribution in [0.15, 0.2) is 0 Å². The first kappa shape index (κ1) is 10.7. The Morgan fingerprint density at radius 2 is 2.18 bits per heavy atom. The molecule has 0 saturated carbocycles. The predicted octanol–water partition coefficient (Wildman–Crippen LogP) is 0.977. The first-order chi connectivity index (χ1) is 4.57. The van der Waals surface area contributed by atoms with Gasteiger partial charge in [-0.2, -0.15) is 0 Å². The van der Waals surface area contributed by atoms with E-state index in [2.05, 4.69) is 0 Å². The number of likely N-dealkylation sites (tertiary alicyclic amines) is 1. The first-order valence-corrected chi connectivity index (χ1v) is 3.52. The molecule has 0 spiro atoms. The van der Waals surface area contributed by atoms with E-state index >= 15 is 0 Å². The molecule has 1 aliphatic heterocycles. The highest BCUT2D eigenvalue weighted by molar-refractivity contribution is 5.85. The van der Waals surface area contributed by atoms with Crippen molar-refractivity contribution in [2.24, 2.45) is 0 Å². The summed E-state index contributed by atoms with van der Waals surface area (Å²) in [6, 6.07) is 0. The van der Waals surface area contributed by atoms with Gasteiger partial charge in [0.2, 0.25) is 0 Å². The minimum atomic E-state index is -0.701. The molecule has 0 radical (unpaired) electrons. The number of rotatable bonds is 1. The molecular weight excluding hydrogens is 166 g/mol. The van der Waals surface area contributed by atoms with Crippen LogP contribution in [-0.4, -0.2) is 35.1 Å². The Labute approximate surface area is 72.8 Å². The fraction of sp³-hybridized carbons (Fsp3) is 0.857. The Morgan fingerprint density at radius 3 is 2.36 bits per heavy atom. The molecule has 1 unspecified atom stereocenters. The molecule has 0 aromatic heterocycles. The van der Waals surface area contributed by atoms with Crippen LogP contribution in [0.3, 0.4) is 0 Å². The summed E-state index contributed by atoms with van der Waals surface area (Å²) in [7, 11) is 1.86. The number of nitrogens with zero attached hydrogens (tertiary/aromatic N) is 1. The van der Waals surface area contributed by atoms with Gasteiger partial charge in [-0.15, -0.1) is 12.4 Å². The fourth-order valence-corrected chi connectivity index (χ4v) is 1.37. The van der Waals surface area contributed by atoms with E-state index in [0.717, 1.165) is 19.4 Å². The van der Waals surface area contributed by atoms with Crippen LogP contribution in [0, 0.1) is 0 Å². The average molecular weight is 180 g/mol. The Balaban J connectivity index is 0.000001000. The van der Waals surface area contributed by atoms with Crippen LogP contribution in [0.5, 0.6) is 0 Å². The third-order valence-corrected chi connectivity index (χ3v) is 2.46. The molecule has 0 aliphatic carbocycles. The second-order valence-electron chi connectivity index (χ2n) is 3.10. The lowest BCUT2D eigenvalue weighted by atomic mass is 10.0. The minimum Gasteiger partial charge on any atom is -0.480 e. The van der Waals surface area contributed by atoms with Crippen LogP contribution < -0.4 is 0 Å². The second-order valence-corrected chi connectivity index (χ2v) is 3.10. The van der Waals surface area contributed by atoms with Crippen molar-refractivity contribution in [3.8, 4) is 0 Å². The largest absolute Gasteiger partial charge is 0.480 e. The molecule has 1 aliphatic rings. The molecule has 3 nitrogen and oxygen atoms in total. The molecular formula is C7H14ClNO2. The van der Waals surface area contributed by atoms with Crippen molar-refractivity contribution in [2.75, 3.05) is 13.6 Å². The third-order valence-electron chi connectivity index (χ3n) is 2.46. The zero-order valence-electron chi connectivity index (χ0n) is 6.83. The monoisotopic (exact) mass is 179 g/mol. The first-order valence-electron chi connectivity index (χ1n) is 3.52. The smallest absolute Gasteiger partial charge is 0.323 e. The maximum absolute atomic E-state index is 10.7. The molecule has 4 heteroatoms. The summed E-state index contributed by atoms with van der Waals surface area (Å²) in [5, 5.41) is 8.80. The van der Waals surface area contributed by atoms with Crippen molar-refractivity contribution in [2.45, 2.75) is 25.3 Å². The summed E-state index contributed by atoms with van der Waals surface area (Å²) in [5.74, 6) is -0.701. The van der Waals surface area contributed by atoms with E-state index in [1.807, 2.05) is 11.9 Å². The molecule has 1 heterocycles. The molecule has 0 bridgehead atoms. The third kappa shape index (κ3) is 1.65. The number of carboxylic acid groups (broad SMARTS) is 1. The van der Waals surface area contributed by atoms with Gasteiger partial charge in [0, 0.05) is 0 Å². The average Bonchev–Trinajstić information content (AvgIpc) is 2.15. The summed E-state index contributed by atoms with van der Waals surface area (Å²) in [6.07, 6.45) is 1.78. The van der Waals surface area contributed by atoms with Gasteiger partial charge < -0.3 is 5.11 Å². The number of likely N-dealkylation sites (N-methyl/N-ethyl adjacent to an activating group) is 1. The Bertz CT molecular complexity index is 163. The standard InChI is InChI=1S/C7H13NO2.ClH/c1-7(6(9)10)4-3-5-8(7)2;/h3-5H2,1-2H3,(H,9,10);1H. The van der Waals surface area contributed by atoms with Gasteiger partial charge in [-0.25, -0.2) is 0 Å². The van der Waals surface area contributed by atoms with E-state index < -0.39 is 11.5 Å². The van der Waals surface area contributed by atoms with E-state index in [4.69, 9.17) is 5.11 Å². The SMILES string of the molecule is CN1CCCC1(C)C(=O)O.Cl. The molecule has 1 rings (SSSR count). The summed E-state index contributed by atoms with van der Waals surface area (Å²) < 4.78 is 0. The lowest BCUT2D eigenvalue weighted by molar-refractivity contribution is -0.147. The summed E-state index contributed by atoms with van der Waals surface area (Å²) >= 11 is 0. The molecule has 0 amide bonds. The van der Waals surface area contributed by atoms with Crippen molar-refractivity contribution in [3.63, 3.8) is 0 Å². The van der Waals surface area contributed by atoms with E-state index in [-0.39, 0.29) is 12.4 Å². The predicted molar refractivity (Wildman–Crippen MR) is 45.2 cm³/mol. The van der Waals surface area contributed by atoms with E-state index in [0.29, 0.717) is 0 Å². The zero-order valence-corrected chi connectivity index (χ0v) is 7.65. The molecule has 66 valence electrons. The highest BCUT2D eigenvalue weighted by Gasteiger charge is 2.40. The Hall–Kier alpha value is -0.280. The van der Waals surface area contributed by atoms with Crippen LogP contribution in [0.2, 0.25) is 0 Å². The highest BCUT2D eigenvalue weighted by atomic mass is 35.5. The molecule has 1 atom stereocenters. The summed E-state index contributed by atoms with van der Waals surface area (Å²) in [4.78, 5) is 12.6. The van der Waals surface area contributed by atoms with Crippen LogP contribution in [0.1, 0.15) is 19.8 Å². The minimum absolute atomic E-state index is 0. The lowest BCUT2D eigenvalue weighted by Gasteiger charge is -2.26. The number of aliphatic carboxylic acids is 1. The zero-order chi connectivity index (χ0) is 7.78. The number of hydrogen-bond donors (Lipinski definition) is 1. The van der Waals surface area contributed by atoms with Crippen LogP contribution in [0.25, 0.3) is 0 Å². The molecule has 0 aromatic carbocycles. The van der Waals surface area contributed by atoms with Crippen molar-refractivity contribution in [1.82, 2.24) is 4.90 Å². The second kappa shape index (κ2) is 3.41. The maximum Gasteiger partial charge on any atom is 0.323 e. The number of hydrogen-bond acceptors (Lipinski definition) is 2. The van der Waals surface area contributed by atoms with Crippen molar-refractivity contribution in [3.05, 3.63) is 0 Å².